The van der Waals surface area contributed by atoms with Gasteiger partial charge < -0.3 is 9.47 Å². The normalized spacial score (nSPS) is 21.9. The van der Waals surface area contributed by atoms with Crippen LogP contribution < -0.4 is 0 Å². The Kier molecular flexibility index (Phi) is 2.37. The van der Waals surface area contributed by atoms with Gasteiger partial charge in [0.05, 0.1) is 0 Å². The summed E-state index contributed by atoms with van der Waals surface area (Å²) < 4.78 is 10.8. The molecule has 0 spiro atoms. The number of amides is 2. The Morgan fingerprint density at radius 3 is 2.33 bits per heavy atom. The highest BCUT2D eigenvalue weighted by molar-refractivity contribution is 6.14. The van der Waals surface area contributed by atoms with Gasteiger partial charge in [-0.25, -0.2) is 4.90 Å². The highest BCUT2D eigenvalue weighted by Crippen LogP contribution is 2.30. The van der Waals surface area contributed by atoms with E-state index >= 15 is 0 Å². The van der Waals surface area contributed by atoms with Crippen molar-refractivity contribution in [3.8, 4) is 0 Å². The van der Waals surface area contributed by atoms with Crippen LogP contribution in [0.25, 0.3) is 0 Å². The number of carbonyl (C=O) groups is 2. The molecule has 0 bridgehead atoms. The van der Waals surface area contributed by atoms with E-state index in [1.54, 1.807) is 0 Å². The molecule has 1 aromatic rings. The van der Waals surface area contributed by atoms with Gasteiger partial charge in [0.2, 0.25) is 5.88 Å². The Morgan fingerprint density at radius 2 is 1.67 bits per heavy atom. The van der Waals surface area contributed by atoms with Gasteiger partial charge in [-0.2, -0.15) is 0 Å². The SMILES string of the molecule is O=C1C=CC(=O)N1C1=COC(c2ccccc2)O1. The first-order valence-electron chi connectivity index (χ1n) is 5.39. The predicted octanol–water partition coefficient (Wildman–Crippen LogP) is 1.46. The third-order valence-electron chi connectivity index (χ3n) is 2.62. The third-order valence-corrected chi connectivity index (χ3v) is 2.62. The highest BCUT2D eigenvalue weighted by Gasteiger charge is 2.34. The Hall–Kier alpha value is -2.56. The van der Waals surface area contributed by atoms with Crippen molar-refractivity contribution in [2.24, 2.45) is 0 Å². The van der Waals surface area contributed by atoms with Crippen LogP contribution in [0.2, 0.25) is 0 Å². The molecule has 5 heteroatoms. The van der Waals surface area contributed by atoms with Gasteiger partial charge in [0.15, 0.2) is 0 Å². The van der Waals surface area contributed by atoms with E-state index < -0.39 is 18.1 Å². The molecule has 0 saturated carbocycles. The zero-order valence-corrected chi connectivity index (χ0v) is 9.28. The second-order valence-electron chi connectivity index (χ2n) is 3.80. The lowest BCUT2D eigenvalue weighted by Crippen LogP contribution is -2.29. The fraction of sp³-hybridized carbons (Fsp3) is 0.0769. The number of nitrogens with zero attached hydrogens (tertiary/aromatic N) is 1. The first-order valence-corrected chi connectivity index (χ1v) is 5.39. The molecular weight excluding hydrogens is 234 g/mol. The summed E-state index contributed by atoms with van der Waals surface area (Å²) >= 11 is 0. The van der Waals surface area contributed by atoms with Gasteiger partial charge in [0.25, 0.3) is 18.1 Å². The van der Waals surface area contributed by atoms with Gasteiger partial charge in [-0.1, -0.05) is 30.3 Å². The molecule has 18 heavy (non-hydrogen) atoms. The third kappa shape index (κ3) is 1.66. The Labute approximate surface area is 103 Å². The maximum absolute atomic E-state index is 11.5. The summed E-state index contributed by atoms with van der Waals surface area (Å²) in [5.74, 6) is -0.740. The molecule has 0 saturated heterocycles. The smallest absolute Gasteiger partial charge is 0.268 e. The van der Waals surface area contributed by atoms with Gasteiger partial charge in [0, 0.05) is 17.7 Å². The molecule has 0 aromatic heterocycles. The molecular formula is C13H9NO4. The number of imide groups is 1. The number of hydrogen-bond acceptors (Lipinski definition) is 4. The Balaban J connectivity index is 1.76. The fourth-order valence-electron chi connectivity index (χ4n) is 1.76. The van der Waals surface area contributed by atoms with E-state index in [9.17, 15) is 9.59 Å². The minimum Gasteiger partial charge on any atom is -0.453 e. The number of benzene rings is 1. The van der Waals surface area contributed by atoms with Crippen molar-refractivity contribution in [3.05, 3.63) is 60.2 Å². The maximum atomic E-state index is 11.5. The minimum atomic E-state index is -0.623. The van der Waals surface area contributed by atoms with Crippen LogP contribution in [0, 0.1) is 0 Å². The molecule has 2 amide bonds. The van der Waals surface area contributed by atoms with Crippen LogP contribution in [0.1, 0.15) is 11.9 Å². The van der Waals surface area contributed by atoms with Crippen molar-refractivity contribution in [2.45, 2.75) is 6.29 Å². The van der Waals surface area contributed by atoms with E-state index in [2.05, 4.69) is 0 Å². The average molecular weight is 243 g/mol. The van der Waals surface area contributed by atoms with Gasteiger partial charge in [-0.05, 0) is 0 Å². The molecule has 1 aromatic carbocycles. The van der Waals surface area contributed by atoms with E-state index in [0.717, 1.165) is 10.5 Å². The van der Waals surface area contributed by atoms with Crippen molar-refractivity contribution in [3.63, 3.8) is 0 Å². The second-order valence-corrected chi connectivity index (χ2v) is 3.80. The quantitative estimate of drug-likeness (QED) is 0.738. The number of carbonyl (C=O) groups excluding carboxylic acids is 2. The Morgan fingerprint density at radius 1 is 1.00 bits per heavy atom. The number of hydrogen-bond donors (Lipinski definition) is 0. The van der Waals surface area contributed by atoms with Crippen molar-refractivity contribution < 1.29 is 19.1 Å². The first kappa shape index (κ1) is 10.6. The Bertz CT molecular complexity index is 544. The van der Waals surface area contributed by atoms with E-state index in [1.165, 1.54) is 18.4 Å². The maximum Gasteiger partial charge on any atom is 0.268 e. The number of rotatable bonds is 2. The minimum absolute atomic E-state index is 0.115. The van der Waals surface area contributed by atoms with Crippen molar-refractivity contribution in [2.75, 3.05) is 0 Å². The van der Waals surface area contributed by atoms with Crippen LogP contribution in [0.3, 0.4) is 0 Å². The first-order chi connectivity index (χ1) is 8.75. The van der Waals surface area contributed by atoms with Crippen LogP contribution in [0.15, 0.2) is 54.6 Å². The summed E-state index contributed by atoms with van der Waals surface area (Å²) in [6, 6.07) is 9.27. The zero-order chi connectivity index (χ0) is 12.5. The van der Waals surface area contributed by atoms with Gasteiger partial charge in [-0.15, -0.1) is 0 Å². The highest BCUT2D eigenvalue weighted by atomic mass is 16.7. The lowest BCUT2D eigenvalue weighted by Gasteiger charge is -2.16. The topological polar surface area (TPSA) is 55.8 Å². The molecule has 2 aliphatic rings. The molecule has 1 unspecified atom stereocenters. The molecule has 0 aliphatic carbocycles. The van der Waals surface area contributed by atoms with Crippen molar-refractivity contribution in [1.82, 2.24) is 4.90 Å². The monoisotopic (exact) mass is 243 g/mol. The predicted molar refractivity (Wildman–Crippen MR) is 60.4 cm³/mol. The summed E-state index contributed by atoms with van der Waals surface area (Å²) in [5, 5.41) is 0. The summed E-state index contributed by atoms with van der Waals surface area (Å²) in [6.45, 7) is 0. The summed E-state index contributed by atoms with van der Waals surface area (Å²) in [7, 11) is 0. The molecule has 0 radical (unpaired) electrons. The van der Waals surface area contributed by atoms with Crippen LogP contribution in [0.4, 0.5) is 0 Å². The van der Waals surface area contributed by atoms with Gasteiger partial charge in [-0.3, -0.25) is 9.59 Å². The van der Waals surface area contributed by atoms with E-state index in [4.69, 9.17) is 9.47 Å². The fourth-order valence-corrected chi connectivity index (χ4v) is 1.76. The number of ether oxygens (including phenoxy) is 2. The van der Waals surface area contributed by atoms with Crippen LogP contribution in [-0.2, 0) is 19.1 Å². The second kappa shape index (κ2) is 4.03. The largest absolute Gasteiger partial charge is 0.453 e. The van der Waals surface area contributed by atoms with Gasteiger partial charge >= 0.3 is 0 Å². The molecule has 0 fully saturated rings. The molecule has 5 nitrogen and oxygen atoms in total. The molecule has 90 valence electrons. The van der Waals surface area contributed by atoms with E-state index in [1.807, 2.05) is 30.3 Å². The summed E-state index contributed by atoms with van der Waals surface area (Å²) in [5.41, 5.74) is 0.816. The summed E-state index contributed by atoms with van der Waals surface area (Å²) in [4.78, 5) is 23.8. The van der Waals surface area contributed by atoms with Gasteiger partial charge in [0.1, 0.15) is 6.26 Å². The van der Waals surface area contributed by atoms with Crippen LogP contribution in [0.5, 0.6) is 0 Å². The average Bonchev–Trinajstić information content (AvgIpc) is 2.98. The molecule has 3 rings (SSSR count). The lowest BCUT2D eigenvalue weighted by molar-refractivity contribution is -0.139. The standard InChI is InChI=1S/C13H9NO4/c15-10-6-7-11(16)14(10)12-8-17-13(18-12)9-4-2-1-3-5-9/h1-8,13H. The van der Waals surface area contributed by atoms with E-state index in [0.29, 0.717) is 0 Å². The zero-order valence-electron chi connectivity index (χ0n) is 9.28. The van der Waals surface area contributed by atoms with Crippen LogP contribution >= 0.6 is 0 Å². The lowest BCUT2D eigenvalue weighted by atomic mass is 10.2. The van der Waals surface area contributed by atoms with Crippen LogP contribution in [-0.4, -0.2) is 16.7 Å². The summed E-state index contributed by atoms with van der Waals surface area (Å²) in [6.07, 6.45) is 3.05. The molecule has 2 heterocycles. The van der Waals surface area contributed by atoms with Crippen molar-refractivity contribution in [1.29, 1.82) is 0 Å². The van der Waals surface area contributed by atoms with Crippen molar-refractivity contribution >= 4 is 11.8 Å². The molecule has 1 atom stereocenters. The van der Waals surface area contributed by atoms with E-state index in [-0.39, 0.29) is 5.88 Å². The molecule has 0 N–H and O–H groups in total. The molecule has 2 aliphatic heterocycles.